The highest BCUT2D eigenvalue weighted by molar-refractivity contribution is 5.79. The van der Waals surface area contributed by atoms with E-state index in [9.17, 15) is 14.0 Å². The summed E-state index contributed by atoms with van der Waals surface area (Å²) < 4.78 is 20.2. The Morgan fingerprint density at radius 2 is 2.15 bits per heavy atom. The molecule has 0 saturated carbocycles. The monoisotopic (exact) mass is 353 g/mol. The van der Waals surface area contributed by atoms with Crippen molar-refractivity contribution in [1.29, 1.82) is 0 Å². The largest absolute Gasteiger partial charge is 0.493 e. The highest BCUT2D eigenvalue weighted by atomic mass is 19.1. The molecule has 1 atom stereocenters. The minimum atomic E-state index is -0.516. The van der Waals surface area contributed by atoms with E-state index in [0.29, 0.717) is 18.5 Å². The molecule has 1 amide bonds. The van der Waals surface area contributed by atoms with Gasteiger partial charge in [0.2, 0.25) is 5.91 Å². The zero-order valence-corrected chi connectivity index (χ0v) is 13.8. The van der Waals surface area contributed by atoms with Gasteiger partial charge in [0.25, 0.3) is 5.56 Å². The van der Waals surface area contributed by atoms with Crippen molar-refractivity contribution in [2.45, 2.75) is 19.0 Å². The van der Waals surface area contributed by atoms with Crippen molar-refractivity contribution in [3.63, 3.8) is 0 Å². The average Bonchev–Trinajstić information content (AvgIpc) is 2.65. The lowest BCUT2D eigenvalue weighted by Crippen LogP contribution is -2.36. The normalized spacial score (nSPS) is 16.0. The molecule has 132 valence electrons. The summed E-state index contributed by atoms with van der Waals surface area (Å²) in [4.78, 5) is 29.0. The highest BCUT2D eigenvalue weighted by Gasteiger charge is 2.22. The van der Waals surface area contributed by atoms with Gasteiger partial charge in [-0.3, -0.25) is 14.2 Å². The van der Waals surface area contributed by atoms with Crippen LogP contribution in [0.25, 0.3) is 10.9 Å². The number of para-hydroxylation sites is 1. The maximum Gasteiger partial charge on any atom is 0.261 e. The van der Waals surface area contributed by atoms with Gasteiger partial charge in [-0.05, 0) is 24.3 Å². The Bertz CT molecular complexity index is 1050. The van der Waals surface area contributed by atoms with Gasteiger partial charge in [0.1, 0.15) is 18.1 Å². The molecule has 1 unspecified atom stereocenters. The third kappa shape index (κ3) is 3.03. The molecule has 2 heterocycles. The van der Waals surface area contributed by atoms with Crippen LogP contribution in [-0.4, -0.2) is 22.1 Å². The van der Waals surface area contributed by atoms with Crippen molar-refractivity contribution in [2.24, 2.45) is 0 Å². The van der Waals surface area contributed by atoms with Gasteiger partial charge in [0.15, 0.2) is 0 Å². The summed E-state index contributed by atoms with van der Waals surface area (Å²) in [5.74, 6) is -0.0761. The van der Waals surface area contributed by atoms with Gasteiger partial charge in [0, 0.05) is 12.0 Å². The van der Waals surface area contributed by atoms with Crippen LogP contribution >= 0.6 is 0 Å². The quantitative estimate of drug-likeness (QED) is 0.783. The first-order valence-corrected chi connectivity index (χ1v) is 8.27. The maximum absolute atomic E-state index is 13.4. The van der Waals surface area contributed by atoms with Crippen LogP contribution in [0, 0.1) is 5.82 Å². The van der Waals surface area contributed by atoms with Gasteiger partial charge in [-0.15, -0.1) is 0 Å². The van der Waals surface area contributed by atoms with E-state index >= 15 is 0 Å². The number of hydrogen-bond donors (Lipinski definition) is 1. The Morgan fingerprint density at radius 1 is 1.31 bits per heavy atom. The van der Waals surface area contributed by atoms with Gasteiger partial charge in [-0.2, -0.15) is 0 Å². The van der Waals surface area contributed by atoms with Gasteiger partial charge in [-0.25, -0.2) is 9.37 Å². The molecule has 0 spiro atoms. The van der Waals surface area contributed by atoms with Crippen LogP contribution in [0.3, 0.4) is 0 Å². The molecule has 0 fully saturated rings. The summed E-state index contributed by atoms with van der Waals surface area (Å²) in [5, 5.41) is 3.08. The topological polar surface area (TPSA) is 73.2 Å². The molecule has 1 aliphatic heterocycles. The molecular formula is C19H16FN3O3. The fraction of sp³-hybridized carbons (Fsp3) is 0.211. The predicted octanol–water partition coefficient (Wildman–Crippen LogP) is 2.18. The van der Waals surface area contributed by atoms with Gasteiger partial charge < -0.3 is 10.1 Å². The number of carbonyl (C=O) groups is 1. The van der Waals surface area contributed by atoms with Crippen LogP contribution in [0.5, 0.6) is 5.75 Å². The molecule has 0 aliphatic carbocycles. The third-order valence-electron chi connectivity index (χ3n) is 4.39. The zero-order chi connectivity index (χ0) is 18.1. The molecule has 2 aromatic carbocycles. The van der Waals surface area contributed by atoms with E-state index in [2.05, 4.69) is 10.3 Å². The van der Waals surface area contributed by atoms with E-state index in [1.165, 1.54) is 23.0 Å². The summed E-state index contributed by atoms with van der Waals surface area (Å²) in [6.45, 7) is 0.330. The number of halogens is 1. The first-order valence-electron chi connectivity index (χ1n) is 8.27. The fourth-order valence-electron chi connectivity index (χ4n) is 3.13. The SMILES string of the molecule is O=C(Cn1cnc2ccc(F)cc2c1=O)NC1CCOc2ccccc21. The van der Waals surface area contributed by atoms with E-state index < -0.39 is 11.4 Å². The molecule has 26 heavy (non-hydrogen) atoms. The summed E-state index contributed by atoms with van der Waals surface area (Å²) in [5.41, 5.74) is 0.863. The zero-order valence-electron chi connectivity index (χ0n) is 13.8. The number of carbonyl (C=O) groups excluding carboxylic acids is 1. The van der Waals surface area contributed by atoms with Crippen LogP contribution in [0.2, 0.25) is 0 Å². The van der Waals surface area contributed by atoms with E-state index in [-0.39, 0.29) is 23.9 Å². The molecule has 0 radical (unpaired) electrons. The number of nitrogens with zero attached hydrogens (tertiary/aromatic N) is 2. The minimum absolute atomic E-state index is 0.150. The van der Waals surface area contributed by atoms with Crippen LogP contribution in [0.15, 0.2) is 53.6 Å². The predicted molar refractivity (Wildman–Crippen MR) is 93.4 cm³/mol. The smallest absolute Gasteiger partial charge is 0.261 e. The lowest BCUT2D eigenvalue weighted by molar-refractivity contribution is -0.122. The van der Waals surface area contributed by atoms with Crippen molar-refractivity contribution >= 4 is 16.8 Å². The van der Waals surface area contributed by atoms with Gasteiger partial charge in [-0.1, -0.05) is 18.2 Å². The number of benzene rings is 2. The number of amides is 1. The minimum Gasteiger partial charge on any atom is -0.493 e. The van der Waals surface area contributed by atoms with Crippen molar-refractivity contribution < 1.29 is 13.9 Å². The molecule has 1 aliphatic rings. The van der Waals surface area contributed by atoms with Crippen LogP contribution in [-0.2, 0) is 11.3 Å². The van der Waals surface area contributed by atoms with Crippen molar-refractivity contribution in [1.82, 2.24) is 14.9 Å². The van der Waals surface area contributed by atoms with Crippen molar-refractivity contribution in [3.05, 3.63) is 70.5 Å². The molecule has 1 N–H and O–H groups in total. The molecule has 0 saturated heterocycles. The van der Waals surface area contributed by atoms with Crippen LogP contribution < -0.4 is 15.6 Å². The lowest BCUT2D eigenvalue weighted by atomic mass is 10.0. The van der Waals surface area contributed by atoms with E-state index in [1.54, 1.807) is 0 Å². The second-order valence-electron chi connectivity index (χ2n) is 6.13. The van der Waals surface area contributed by atoms with Crippen molar-refractivity contribution in [2.75, 3.05) is 6.61 Å². The van der Waals surface area contributed by atoms with E-state index in [0.717, 1.165) is 17.4 Å². The number of nitrogens with one attached hydrogen (secondary N) is 1. The van der Waals surface area contributed by atoms with Crippen molar-refractivity contribution in [3.8, 4) is 5.75 Å². The molecule has 4 rings (SSSR count). The number of aromatic nitrogens is 2. The number of rotatable bonds is 3. The van der Waals surface area contributed by atoms with Crippen LogP contribution in [0.4, 0.5) is 4.39 Å². The van der Waals surface area contributed by atoms with Crippen LogP contribution in [0.1, 0.15) is 18.0 Å². The van der Waals surface area contributed by atoms with E-state index in [1.807, 2.05) is 24.3 Å². The first-order chi connectivity index (χ1) is 12.6. The number of fused-ring (bicyclic) bond motifs is 2. The second kappa shape index (κ2) is 6.59. The maximum atomic E-state index is 13.4. The Labute approximate surface area is 148 Å². The van der Waals surface area contributed by atoms with Gasteiger partial charge in [0.05, 0.1) is 29.9 Å². The lowest BCUT2D eigenvalue weighted by Gasteiger charge is -2.26. The second-order valence-corrected chi connectivity index (χ2v) is 6.13. The summed E-state index contributed by atoms with van der Waals surface area (Å²) in [6, 6.07) is 11.2. The summed E-state index contributed by atoms with van der Waals surface area (Å²) in [6.07, 6.45) is 1.96. The third-order valence-corrected chi connectivity index (χ3v) is 4.39. The Morgan fingerprint density at radius 3 is 3.04 bits per heavy atom. The summed E-state index contributed by atoms with van der Waals surface area (Å²) >= 11 is 0. The molecule has 7 heteroatoms. The molecule has 0 bridgehead atoms. The molecule has 6 nitrogen and oxygen atoms in total. The molecule has 1 aromatic heterocycles. The summed E-state index contributed by atoms with van der Waals surface area (Å²) in [7, 11) is 0. The number of ether oxygens (including phenoxy) is 1. The standard InChI is InChI=1S/C19H16FN3O3/c20-12-5-6-15-14(9-12)19(25)23(11-21-15)10-18(24)22-16-7-8-26-17-4-2-1-3-13(16)17/h1-6,9,11,16H,7-8,10H2,(H,22,24). The Balaban J connectivity index is 1.55. The van der Waals surface area contributed by atoms with Gasteiger partial charge >= 0.3 is 0 Å². The molecule has 3 aromatic rings. The highest BCUT2D eigenvalue weighted by Crippen LogP contribution is 2.31. The Kier molecular flexibility index (Phi) is 4.12. The molecular weight excluding hydrogens is 337 g/mol. The van der Waals surface area contributed by atoms with E-state index in [4.69, 9.17) is 4.74 Å². The first kappa shape index (κ1) is 16.3. The Hall–Kier alpha value is -3.22. The number of hydrogen-bond acceptors (Lipinski definition) is 4. The fourth-order valence-corrected chi connectivity index (χ4v) is 3.13. The average molecular weight is 353 g/mol.